The van der Waals surface area contributed by atoms with E-state index in [9.17, 15) is 0 Å². The summed E-state index contributed by atoms with van der Waals surface area (Å²) in [7, 11) is 0. The van der Waals surface area contributed by atoms with E-state index in [1.165, 1.54) is 0 Å². The maximum Gasteiger partial charge on any atom is 2.00 e. The molecule has 0 unspecified atom stereocenters. The molecule has 0 aromatic carbocycles. The summed E-state index contributed by atoms with van der Waals surface area (Å²) >= 11 is 0. The van der Waals surface area contributed by atoms with Crippen LogP contribution in [0, 0.1) is 12.2 Å². The molecule has 0 saturated heterocycles. The van der Waals surface area contributed by atoms with Crippen molar-refractivity contribution in [2.75, 3.05) is 0 Å². The summed E-state index contributed by atoms with van der Waals surface area (Å²) in [6.45, 7) is 6.00. The molecule has 2 rings (SSSR count). The Morgan fingerprint density at radius 1 is 0.857 bits per heavy atom. The van der Waals surface area contributed by atoms with Gasteiger partial charge in [-0.05, 0) is 0 Å². The molecule has 0 nitrogen and oxygen atoms in total. The minimum absolute atomic E-state index is 0. The number of rotatable bonds is 0. The zero-order valence-electron chi connectivity index (χ0n) is 8.20. The van der Waals surface area contributed by atoms with Gasteiger partial charge in [0.1, 0.15) is 0 Å². The van der Waals surface area contributed by atoms with E-state index in [0.717, 1.165) is 12.8 Å². The van der Waals surface area contributed by atoms with Crippen LogP contribution in [0.25, 0.3) is 0 Å². The molecule has 0 aliphatic heterocycles. The van der Waals surface area contributed by atoms with Gasteiger partial charge < -0.3 is 0 Å². The summed E-state index contributed by atoms with van der Waals surface area (Å²) < 4.78 is 0. The normalized spacial score (nSPS) is 12.9. The van der Waals surface area contributed by atoms with Crippen LogP contribution in [0.3, 0.4) is 0 Å². The molecular weight excluding hydrogens is 271 g/mol. The van der Waals surface area contributed by atoms with Crippen LogP contribution in [0.1, 0.15) is 12.8 Å². The molecule has 0 heterocycles. The Morgan fingerprint density at radius 2 is 1.21 bits per heavy atom. The quantitative estimate of drug-likeness (QED) is 0.469. The molecule has 2 aliphatic rings. The molecule has 0 spiro atoms. The van der Waals surface area contributed by atoms with Crippen LogP contribution in [0.15, 0.2) is 49.6 Å². The van der Waals surface area contributed by atoms with Crippen molar-refractivity contribution in [3.05, 3.63) is 61.8 Å². The number of halogens is 1. The van der Waals surface area contributed by atoms with Gasteiger partial charge in [0.05, 0.1) is 0 Å². The monoisotopic (exact) mass is 284 g/mol. The standard InChI is InChI=1S/2C5H5.C2H4.ClH.Zr/c2*1-2-4-5-3-1;1-2;;/h2*1-3H,4H2;1-2H2;1H;/q2*-1;;;+2. The average Bonchev–Trinajstić information content (AvgIpc) is 2.87. The molecule has 14 heavy (non-hydrogen) atoms. The smallest absolute Gasteiger partial charge is 0.273 e. The molecule has 0 bridgehead atoms. The van der Waals surface area contributed by atoms with Gasteiger partial charge in [0.15, 0.2) is 0 Å². The van der Waals surface area contributed by atoms with Gasteiger partial charge in [0, 0.05) is 0 Å². The first kappa shape index (κ1) is 19.4. The predicted molar refractivity (Wildman–Crippen MR) is 61.6 cm³/mol. The van der Waals surface area contributed by atoms with E-state index in [0.29, 0.717) is 0 Å². The van der Waals surface area contributed by atoms with Gasteiger partial charge in [-0.2, -0.15) is 12.2 Å². The van der Waals surface area contributed by atoms with Crippen LogP contribution < -0.4 is 0 Å². The molecule has 0 aromatic heterocycles. The van der Waals surface area contributed by atoms with Crippen molar-refractivity contribution in [3.63, 3.8) is 0 Å². The second-order valence-corrected chi connectivity index (χ2v) is 2.01. The number of hydrogen-bond donors (Lipinski definition) is 0. The Labute approximate surface area is 113 Å². The maximum atomic E-state index is 3.00. The van der Waals surface area contributed by atoms with E-state index in [-0.39, 0.29) is 38.6 Å². The van der Waals surface area contributed by atoms with Gasteiger partial charge >= 0.3 is 26.2 Å². The zero-order chi connectivity index (χ0) is 9.07. The first-order chi connectivity index (χ1) is 6.00. The van der Waals surface area contributed by atoms with E-state index in [1.807, 2.05) is 24.3 Å². The van der Waals surface area contributed by atoms with Gasteiger partial charge in [-0.25, -0.2) is 24.3 Å². The molecule has 0 fully saturated rings. The van der Waals surface area contributed by atoms with Gasteiger partial charge in [0.2, 0.25) is 0 Å². The summed E-state index contributed by atoms with van der Waals surface area (Å²) in [5.74, 6) is 0. The van der Waals surface area contributed by atoms with E-state index < -0.39 is 0 Å². The van der Waals surface area contributed by atoms with Crippen molar-refractivity contribution in [1.82, 2.24) is 0 Å². The van der Waals surface area contributed by atoms with Gasteiger partial charge in [-0.15, -0.1) is 38.4 Å². The molecule has 0 aromatic rings. The summed E-state index contributed by atoms with van der Waals surface area (Å²) in [6.07, 6.45) is 20.0. The fourth-order valence-corrected chi connectivity index (χ4v) is 0.680. The molecule has 74 valence electrons. The number of allylic oxidation sites excluding steroid dienone is 8. The SMILES string of the molecule is C=C.Cl.[C-]1=CC=CC1.[C-]1=CC=CC1.[Zr+2]. The predicted octanol–water partition coefficient (Wildman–Crippen LogP) is 3.83. The largest absolute Gasteiger partial charge is 2.00 e. The van der Waals surface area contributed by atoms with Crippen LogP contribution in [0.4, 0.5) is 0 Å². The van der Waals surface area contributed by atoms with Crippen LogP contribution >= 0.6 is 12.4 Å². The van der Waals surface area contributed by atoms with Crippen LogP contribution in [-0.4, -0.2) is 0 Å². The van der Waals surface area contributed by atoms with Crippen molar-refractivity contribution in [2.45, 2.75) is 12.8 Å². The third kappa shape index (κ3) is 14.4. The summed E-state index contributed by atoms with van der Waals surface area (Å²) in [5.41, 5.74) is 0. The topological polar surface area (TPSA) is 0 Å². The maximum absolute atomic E-state index is 3.00. The van der Waals surface area contributed by atoms with E-state index in [4.69, 9.17) is 0 Å². The van der Waals surface area contributed by atoms with Crippen LogP contribution in [-0.2, 0) is 26.2 Å². The summed E-state index contributed by atoms with van der Waals surface area (Å²) in [5, 5.41) is 0. The molecule has 0 N–H and O–H groups in total. The van der Waals surface area contributed by atoms with Crippen molar-refractivity contribution >= 4 is 12.4 Å². The van der Waals surface area contributed by atoms with E-state index in [1.54, 1.807) is 0 Å². The van der Waals surface area contributed by atoms with Crippen molar-refractivity contribution in [3.8, 4) is 0 Å². The Morgan fingerprint density at radius 3 is 1.29 bits per heavy atom. The number of hydrogen-bond acceptors (Lipinski definition) is 0. The van der Waals surface area contributed by atoms with Gasteiger partial charge in [-0.1, -0.05) is 0 Å². The van der Waals surface area contributed by atoms with Gasteiger partial charge in [-0.3, -0.25) is 12.2 Å². The first-order valence-corrected chi connectivity index (χ1v) is 3.93. The average molecular weight is 286 g/mol. The molecule has 2 aliphatic carbocycles. The van der Waals surface area contributed by atoms with E-state index >= 15 is 0 Å². The van der Waals surface area contributed by atoms with Crippen LogP contribution in [0.2, 0.25) is 0 Å². The van der Waals surface area contributed by atoms with Crippen molar-refractivity contribution in [2.24, 2.45) is 0 Å². The Balaban J connectivity index is -0.000000131. The fourth-order valence-electron chi connectivity index (χ4n) is 0.680. The Hall–Kier alpha value is -0.127. The summed E-state index contributed by atoms with van der Waals surface area (Å²) in [4.78, 5) is 0. The molecule has 0 radical (unpaired) electrons. The van der Waals surface area contributed by atoms with Crippen molar-refractivity contribution < 1.29 is 26.2 Å². The Kier molecular flexibility index (Phi) is 25.9. The minimum atomic E-state index is 0. The molecule has 2 heteroatoms. The van der Waals surface area contributed by atoms with Crippen molar-refractivity contribution in [1.29, 1.82) is 0 Å². The van der Waals surface area contributed by atoms with Gasteiger partial charge in [0.25, 0.3) is 0 Å². The fraction of sp³-hybridized carbons (Fsp3) is 0.167. The zero-order valence-corrected chi connectivity index (χ0v) is 11.5. The molecule has 0 amide bonds. The minimum Gasteiger partial charge on any atom is -0.273 e. The van der Waals surface area contributed by atoms with E-state index in [2.05, 4.69) is 37.5 Å². The van der Waals surface area contributed by atoms with Crippen LogP contribution in [0.5, 0.6) is 0 Å². The third-order valence-electron chi connectivity index (χ3n) is 1.17. The first-order valence-electron chi connectivity index (χ1n) is 3.93. The summed E-state index contributed by atoms with van der Waals surface area (Å²) in [6, 6.07) is 0. The second-order valence-electron chi connectivity index (χ2n) is 2.01. The molecule has 0 atom stereocenters. The molecule has 0 saturated carbocycles. The third-order valence-corrected chi connectivity index (χ3v) is 1.17. The molecular formula is C12H15ClZr. The second kappa shape index (κ2) is 18.6. The Bertz CT molecular complexity index is 160.